The number of methoxy groups -OCH3 is 1. The highest BCUT2D eigenvalue weighted by molar-refractivity contribution is 5.53. The monoisotopic (exact) mass is 390 g/mol. The molecular weight excluding hydrogens is 364 g/mol. The number of likely N-dealkylation sites (tertiary alicyclic amines) is 1. The fraction of sp³-hybridized carbons (Fsp3) is 0.348. The van der Waals surface area contributed by atoms with E-state index >= 15 is 0 Å². The first-order valence-electron chi connectivity index (χ1n) is 9.92. The normalized spacial score (nSPS) is 16.9. The average Bonchev–Trinajstić information content (AvgIpc) is 3.20. The van der Waals surface area contributed by atoms with Gasteiger partial charge in [-0.15, -0.1) is 0 Å². The van der Waals surface area contributed by atoms with Crippen LogP contribution in [0.5, 0.6) is 5.75 Å². The van der Waals surface area contributed by atoms with Crippen molar-refractivity contribution in [2.45, 2.75) is 32.7 Å². The highest BCUT2D eigenvalue weighted by Gasteiger charge is 2.26. The second kappa shape index (κ2) is 8.17. The Morgan fingerprint density at radius 3 is 2.72 bits per heavy atom. The Kier molecular flexibility index (Phi) is 5.45. The molecule has 4 rings (SSSR count). The van der Waals surface area contributed by atoms with Crippen LogP contribution < -0.4 is 10.3 Å². The number of ether oxygens (including phenoxy) is 1. The van der Waals surface area contributed by atoms with Crippen LogP contribution in [0.15, 0.2) is 47.5 Å². The Labute approximate surface area is 170 Å². The summed E-state index contributed by atoms with van der Waals surface area (Å²) in [7, 11) is 1.71. The van der Waals surface area contributed by atoms with E-state index < -0.39 is 0 Å². The molecule has 1 aliphatic heterocycles. The molecule has 0 unspecified atom stereocenters. The average molecular weight is 390 g/mol. The molecule has 6 heteroatoms. The summed E-state index contributed by atoms with van der Waals surface area (Å²) in [6, 6.07) is 9.56. The number of nitrogens with one attached hydrogen (secondary N) is 1. The minimum Gasteiger partial charge on any atom is -0.496 e. The Hall–Kier alpha value is -2.99. The minimum absolute atomic E-state index is 0.109. The van der Waals surface area contributed by atoms with Crippen molar-refractivity contribution in [2.75, 3.05) is 20.2 Å². The van der Waals surface area contributed by atoms with Crippen molar-refractivity contribution in [1.82, 2.24) is 19.9 Å². The summed E-state index contributed by atoms with van der Waals surface area (Å²) in [6.07, 6.45) is 4.41. The van der Waals surface area contributed by atoms with Gasteiger partial charge < -0.3 is 9.72 Å². The van der Waals surface area contributed by atoms with Crippen molar-refractivity contribution in [3.05, 3.63) is 75.5 Å². The van der Waals surface area contributed by atoms with Crippen molar-refractivity contribution in [2.24, 2.45) is 0 Å². The predicted octanol–water partition coefficient (Wildman–Crippen LogP) is 3.45. The Morgan fingerprint density at radius 2 is 1.97 bits per heavy atom. The smallest absolute Gasteiger partial charge is 0.251 e. The van der Waals surface area contributed by atoms with Crippen LogP contribution in [0.3, 0.4) is 0 Å². The molecule has 1 saturated heterocycles. The molecule has 1 aliphatic rings. The number of H-pyrrole nitrogens is 1. The number of aromatic nitrogens is 3. The van der Waals surface area contributed by atoms with Gasteiger partial charge >= 0.3 is 0 Å². The van der Waals surface area contributed by atoms with Gasteiger partial charge in [-0.3, -0.25) is 14.7 Å². The van der Waals surface area contributed by atoms with Crippen LogP contribution in [0.4, 0.5) is 0 Å². The van der Waals surface area contributed by atoms with Gasteiger partial charge in [0, 0.05) is 43.0 Å². The zero-order valence-electron chi connectivity index (χ0n) is 17.1. The van der Waals surface area contributed by atoms with Gasteiger partial charge in [-0.2, -0.15) is 0 Å². The summed E-state index contributed by atoms with van der Waals surface area (Å²) in [6.45, 7) is 7.05. The van der Waals surface area contributed by atoms with E-state index in [0.29, 0.717) is 5.82 Å². The van der Waals surface area contributed by atoms with Crippen LogP contribution in [-0.2, 0) is 6.54 Å². The molecule has 3 heterocycles. The van der Waals surface area contributed by atoms with Crippen molar-refractivity contribution < 1.29 is 4.74 Å². The molecule has 1 fully saturated rings. The third-order valence-corrected chi connectivity index (χ3v) is 5.87. The number of aromatic amines is 1. The lowest BCUT2D eigenvalue weighted by atomic mass is 10.0. The Bertz CT molecular complexity index is 1060. The fourth-order valence-electron chi connectivity index (χ4n) is 4.03. The Morgan fingerprint density at radius 1 is 1.17 bits per heavy atom. The van der Waals surface area contributed by atoms with Crippen LogP contribution in [-0.4, -0.2) is 40.1 Å². The van der Waals surface area contributed by atoms with Crippen LogP contribution in [0.1, 0.15) is 34.7 Å². The van der Waals surface area contributed by atoms with Gasteiger partial charge in [0.2, 0.25) is 0 Å². The molecule has 1 atom stereocenters. The largest absolute Gasteiger partial charge is 0.496 e. The van der Waals surface area contributed by atoms with E-state index in [9.17, 15) is 4.79 Å². The first-order valence-corrected chi connectivity index (χ1v) is 9.92. The molecule has 0 spiro atoms. The molecule has 2 aromatic heterocycles. The number of hydrogen-bond donors (Lipinski definition) is 1. The molecule has 0 aliphatic carbocycles. The zero-order chi connectivity index (χ0) is 20.4. The highest BCUT2D eigenvalue weighted by atomic mass is 16.5. The Balaban J connectivity index is 1.51. The fourth-order valence-corrected chi connectivity index (χ4v) is 4.03. The lowest BCUT2D eigenvalue weighted by molar-refractivity contribution is 0.325. The van der Waals surface area contributed by atoms with E-state index in [1.165, 1.54) is 16.7 Å². The summed E-state index contributed by atoms with van der Waals surface area (Å²) in [5.74, 6) is 1.80. The van der Waals surface area contributed by atoms with Crippen molar-refractivity contribution in [3.63, 3.8) is 0 Å². The molecule has 1 aromatic carbocycles. The predicted molar refractivity (Wildman–Crippen MR) is 113 cm³/mol. The summed E-state index contributed by atoms with van der Waals surface area (Å²) >= 11 is 0. The van der Waals surface area contributed by atoms with Gasteiger partial charge in [0.25, 0.3) is 5.56 Å². The van der Waals surface area contributed by atoms with E-state index in [1.807, 2.05) is 18.2 Å². The van der Waals surface area contributed by atoms with Crippen molar-refractivity contribution >= 4 is 0 Å². The lowest BCUT2D eigenvalue weighted by Gasteiger charge is -2.19. The van der Waals surface area contributed by atoms with Crippen molar-refractivity contribution in [3.8, 4) is 17.1 Å². The number of benzene rings is 1. The number of pyridine rings is 1. The third kappa shape index (κ3) is 4.07. The van der Waals surface area contributed by atoms with E-state index in [-0.39, 0.29) is 11.5 Å². The zero-order valence-corrected chi connectivity index (χ0v) is 17.1. The SMILES string of the molecule is COc1ccc(CN2CC[C@H](c3cc(=O)[nH]c(-c4ccncc4)n3)C2)c(C)c1C. The molecule has 1 N–H and O–H groups in total. The summed E-state index contributed by atoms with van der Waals surface area (Å²) in [5.41, 5.74) is 5.42. The maximum Gasteiger partial charge on any atom is 0.251 e. The topological polar surface area (TPSA) is 71.1 Å². The van der Waals surface area contributed by atoms with Gasteiger partial charge in [0.05, 0.1) is 12.8 Å². The maximum atomic E-state index is 12.2. The molecule has 0 amide bonds. The van der Waals surface area contributed by atoms with Crippen LogP contribution in [0, 0.1) is 13.8 Å². The van der Waals surface area contributed by atoms with E-state index in [1.54, 1.807) is 25.6 Å². The van der Waals surface area contributed by atoms with Gasteiger partial charge in [-0.1, -0.05) is 6.07 Å². The second-order valence-corrected chi connectivity index (χ2v) is 7.65. The van der Waals surface area contributed by atoms with Crippen LogP contribution in [0.25, 0.3) is 11.4 Å². The lowest BCUT2D eigenvalue weighted by Crippen LogP contribution is -2.21. The maximum absolute atomic E-state index is 12.2. The van der Waals surface area contributed by atoms with Gasteiger partial charge in [0.1, 0.15) is 11.6 Å². The van der Waals surface area contributed by atoms with Crippen LogP contribution in [0.2, 0.25) is 0 Å². The molecule has 0 bridgehead atoms. The molecule has 150 valence electrons. The van der Waals surface area contributed by atoms with Gasteiger partial charge in [-0.25, -0.2) is 4.98 Å². The molecule has 3 aromatic rings. The molecule has 6 nitrogen and oxygen atoms in total. The number of hydrogen-bond acceptors (Lipinski definition) is 5. The van der Waals surface area contributed by atoms with Gasteiger partial charge in [0.15, 0.2) is 0 Å². The quantitative estimate of drug-likeness (QED) is 0.723. The number of nitrogens with zero attached hydrogens (tertiary/aromatic N) is 3. The number of rotatable bonds is 5. The van der Waals surface area contributed by atoms with Crippen LogP contribution >= 0.6 is 0 Å². The molecule has 0 radical (unpaired) electrons. The highest BCUT2D eigenvalue weighted by Crippen LogP contribution is 2.30. The van der Waals surface area contributed by atoms with E-state index in [0.717, 1.165) is 43.1 Å². The first kappa shape index (κ1) is 19.3. The minimum atomic E-state index is -0.109. The second-order valence-electron chi connectivity index (χ2n) is 7.65. The first-order chi connectivity index (χ1) is 14.0. The van der Waals surface area contributed by atoms with Gasteiger partial charge in [-0.05, 0) is 61.7 Å². The van der Waals surface area contributed by atoms with E-state index in [2.05, 4.69) is 34.8 Å². The van der Waals surface area contributed by atoms with E-state index in [4.69, 9.17) is 9.72 Å². The van der Waals surface area contributed by atoms with Crippen molar-refractivity contribution in [1.29, 1.82) is 0 Å². The molecule has 29 heavy (non-hydrogen) atoms. The summed E-state index contributed by atoms with van der Waals surface area (Å²) in [5, 5.41) is 0. The molecular formula is C23H26N4O2. The molecule has 0 saturated carbocycles. The third-order valence-electron chi connectivity index (χ3n) is 5.87. The standard InChI is InChI=1S/C23H26N4O2/c1-15-16(2)21(29-3)5-4-18(15)13-27-11-8-19(14-27)20-12-22(28)26-23(25-20)17-6-9-24-10-7-17/h4-7,9-10,12,19H,8,11,13-14H2,1-3H3,(H,25,26,28)/t19-/m0/s1. The summed E-state index contributed by atoms with van der Waals surface area (Å²) in [4.78, 5) is 26.3. The summed E-state index contributed by atoms with van der Waals surface area (Å²) < 4.78 is 5.43.